The summed E-state index contributed by atoms with van der Waals surface area (Å²) >= 11 is 1.92. The molecule has 0 heterocycles. The van der Waals surface area contributed by atoms with Crippen LogP contribution in [0.3, 0.4) is 0 Å². The SMILES string of the molecule is CC(CN)SCc1ccc(C(C)C)cc1. The van der Waals surface area contributed by atoms with Crippen molar-refractivity contribution in [2.45, 2.75) is 37.7 Å². The van der Waals surface area contributed by atoms with Crippen molar-refractivity contribution >= 4 is 11.8 Å². The minimum atomic E-state index is 0.551. The molecule has 84 valence electrons. The molecule has 0 spiro atoms. The molecule has 0 bridgehead atoms. The third-order valence-electron chi connectivity index (χ3n) is 2.51. The molecule has 15 heavy (non-hydrogen) atoms. The molecule has 0 saturated carbocycles. The van der Waals surface area contributed by atoms with E-state index >= 15 is 0 Å². The van der Waals surface area contributed by atoms with Gasteiger partial charge in [-0.2, -0.15) is 11.8 Å². The van der Waals surface area contributed by atoms with E-state index in [1.54, 1.807) is 0 Å². The number of benzene rings is 1. The summed E-state index contributed by atoms with van der Waals surface area (Å²) in [7, 11) is 0. The summed E-state index contributed by atoms with van der Waals surface area (Å²) in [4.78, 5) is 0. The van der Waals surface area contributed by atoms with E-state index in [4.69, 9.17) is 5.73 Å². The van der Waals surface area contributed by atoms with Gasteiger partial charge >= 0.3 is 0 Å². The number of hydrogen-bond acceptors (Lipinski definition) is 2. The zero-order valence-corrected chi connectivity index (χ0v) is 10.7. The van der Waals surface area contributed by atoms with E-state index < -0.39 is 0 Å². The fourth-order valence-corrected chi connectivity index (χ4v) is 2.11. The summed E-state index contributed by atoms with van der Waals surface area (Å²) in [5.74, 6) is 1.69. The first-order valence-electron chi connectivity index (χ1n) is 5.54. The molecule has 0 radical (unpaired) electrons. The van der Waals surface area contributed by atoms with Crippen LogP contribution in [0.25, 0.3) is 0 Å². The van der Waals surface area contributed by atoms with Gasteiger partial charge in [-0.1, -0.05) is 45.0 Å². The van der Waals surface area contributed by atoms with Gasteiger partial charge in [0.15, 0.2) is 0 Å². The predicted molar refractivity (Wildman–Crippen MR) is 70.3 cm³/mol. The number of hydrogen-bond donors (Lipinski definition) is 1. The maximum atomic E-state index is 5.58. The predicted octanol–water partition coefficient (Wildman–Crippen LogP) is 3.39. The van der Waals surface area contributed by atoms with Gasteiger partial charge in [-0.15, -0.1) is 0 Å². The highest BCUT2D eigenvalue weighted by molar-refractivity contribution is 7.99. The molecule has 1 unspecified atom stereocenters. The van der Waals surface area contributed by atoms with Gasteiger partial charge < -0.3 is 5.73 Å². The lowest BCUT2D eigenvalue weighted by atomic mass is 10.0. The molecule has 0 aromatic heterocycles. The van der Waals surface area contributed by atoms with E-state index in [9.17, 15) is 0 Å². The van der Waals surface area contributed by atoms with Gasteiger partial charge in [0.25, 0.3) is 0 Å². The van der Waals surface area contributed by atoms with Crippen LogP contribution in [0, 0.1) is 0 Å². The second-order valence-electron chi connectivity index (χ2n) is 4.25. The number of thioether (sulfide) groups is 1. The van der Waals surface area contributed by atoms with Crippen molar-refractivity contribution < 1.29 is 0 Å². The quantitative estimate of drug-likeness (QED) is 0.828. The first kappa shape index (κ1) is 12.6. The Labute approximate surface area is 97.4 Å². The molecule has 1 aromatic rings. The van der Waals surface area contributed by atoms with Crippen LogP contribution < -0.4 is 5.73 Å². The molecule has 1 aromatic carbocycles. The molecule has 1 atom stereocenters. The van der Waals surface area contributed by atoms with Crippen molar-refractivity contribution in [3.05, 3.63) is 35.4 Å². The van der Waals surface area contributed by atoms with E-state index in [1.165, 1.54) is 11.1 Å². The summed E-state index contributed by atoms with van der Waals surface area (Å²) in [5.41, 5.74) is 8.39. The Balaban J connectivity index is 2.50. The van der Waals surface area contributed by atoms with Gasteiger partial charge in [-0.3, -0.25) is 0 Å². The zero-order chi connectivity index (χ0) is 11.3. The standard InChI is InChI=1S/C13H21NS/c1-10(2)13-6-4-12(5-7-13)9-15-11(3)8-14/h4-7,10-11H,8-9,14H2,1-3H3. The molecular formula is C13H21NS. The minimum absolute atomic E-state index is 0.551. The van der Waals surface area contributed by atoms with Crippen molar-refractivity contribution in [3.8, 4) is 0 Å². The Hall–Kier alpha value is -0.470. The van der Waals surface area contributed by atoms with Gasteiger partial charge in [0.2, 0.25) is 0 Å². The van der Waals surface area contributed by atoms with E-state index in [1.807, 2.05) is 11.8 Å². The Bertz CT molecular complexity index is 279. The molecule has 1 nitrogen and oxygen atoms in total. The van der Waals surface area contributed by atoms with Crippen molar-refractivity contribution in [1.29, 1.82) is 0 Å². The average molecular weight is 223 g/mol. The van der Waals surface area contributed by atoms with Crippen LogP contribution in [0.2, 0.25) is 0 Å². The second kappa shape index (κ2) is 6.19. The van der Waals surface area contributed by atoms with Crippen LogP contribution in [0.5, 0.6) is 0 Å². The summed E-state index contributed by atoms with van der Waals surface area (Å²) in [6.07, 6.45) is 0. The number of nitrogens with two attached hydrogens (primary N) is 1. The lowest BCUT2D eigenvalue weighted by Crippen LogP contribution is -2.12. The fourth-order valence-electron chi connectivity index (χ4n) is 1.31. The topological polar surface area (TPSA) is 26.0 Å². The highest BCUT2D eigenvalue weighted by Crippen LogP contribution is 2.19. The third kappa shape index (κ3) is 4.27. The summed E-state index contributed by atoms with van der Waals surface area (Å²) in [6.45, 7) is 7.38. The van der Waals surface area contributed by atoms with E-state index in [0.717, 1.165) is 12.3 Å². The van der Waals surface area contributed by atoms with Crippen molar-refractivity contribution in [1.82, 2.24) is 0 Å². The molecule has 2 heteroatoms. The Morgan fingerprint density at radius 1 is 1.13 bits per heavy atom. The second-order valence-corrected chi connectivity index (χ2v) is 5.68. The van der Waals surface area contributed by atoms with Gasteiger partial charge in [0.05, 0.1) is 0 Å². The normalized spacial score (nSPS) is 13.1. The van der Waals surface area contributed by atoms with Gasteiger partial charge in [0.1, 0.15) is 0 Å². The highest BCUT2D eigenvalue weighted by Gasteiger charge is 2.02. The summed E-state index contributed by atoms with van der Waals surface area (Å²) in [6, 6.07) is 8.92. The first-order chi connectivity index (χ1) is 7.13. The van der Waals surface area contributed by atoms with Crippen LogP contribution in [-0.4, -0.2) is 11.8 Å². The van der Waals surface area contributed by atoms with Crippen molar-refractivity contribution in [3.63, 3.8) is 0 Å². The molecule has 0 amide bonds. The molecule has 0 saturated heterocycles. The fraction of sp³-hybridized carbons (Fsp3) is 0.538. The maximum absolute atomic E-state index is 5.58. The van der Waals surface area contributed by atoms with Gasteiger partial charge in [0, 0.05) is 17.5 Å². The van der Waals surface area contributed by atoms with E-state index in [0.29, 0.717) is 11.2 Å². The Morgan fingerprint density at radius 3 is 2.20 bits per heavy atom. The minimum Gasteiger partial charge on any atom is -0.329 e. The third-order valence-corrected chi connectivity index (χ3v) is 3.77. The summed E-state index contributed by atoms with van der Waals surface area (Å²) in [5, 5.41) is 0.551. The summed E-state index contributed by atoms with van der Waals surface area (Å²) < 4.78 is 0. The van der Waals surface area contributed by atoms with E-state index in [-0.39, 0.29) is 0 Å². The molecule has 0 fully saturated rings. The van der Waals surface area contributed by atoms with Crippen LogP contribution in [0.1, 0.15) is 37.8 Å². The monoisotopic (exact) mass is 223 g/mol. The van der Waals surface area contributed by atoms with Crippen LogP contribution in [0.4, 0.5) is 0 Å². The smallest absolute Gasteiger partial charge is 0.0187 e. The molecule has 1 rings (SSSR count). The van der Waals surface area contributed by atoms with Gasteiger partial charge in [-0.05, 0) is 17.0 Å². The maximum Gasteiger partial charge on any atom is 0.0187 e. The van der Waals surface area contributed by atoms with E-state index in [2.05, 4.69) is 45.0 Å². The highest BCUT2D eigenvalue weighted by atomic mass is 32.2. The average Bonchev–Trinajstić information content (AvgIpc) is 2.26. The molecular weight excluding hydrogens is 202 g/mol. The molecule has 2 N–H and O–H groups in total. The molecule has 0 aliphatic rings. The largest absolute Gasteiger partial charge is 0.329 e. The van der Waals surface area contributed by atoms with Crippen LogP contribution >= 0.6 is 11.8 Å². The Morgan fingerprint density at radius 2 is 1.73 bits per heavy atom. The van der Waals surface area contributed by atoms with Crippen molar-refractivity contribution in [2.75, 3.05) is 6.54 Å². The molecule has 0 aliphatic carbocycles. The molecule has 0 aliphatic heterocycles. The van der Waals surface area contributed by atoms with Crippen LogP contribution in [0.15, 0.2) is 24.3 Å². The number of rotatable bonds is 5. The van der Waals surface area contributed by atoms with Crippen molar-refractivity contribution in [2.24, 2.45) is 5.73 Å². The lowest BCUT2D eigenvalue weighted by Gasteiger charge is -2.09. The lowest BCUT2D eigenvalue weighted by molar-refractivity contribution is 0.866. The Kier molecular flexibility index (Phi) is 5.20. The zero-order valence-electron chi connectivity index (χ0n) is 9.86. The van der Waals surface area contributed by atoms with Gasteiger partial charge in [-0.25, -0.2) is 0 Å². The van der Waals surface area contributed by atoms with Crippen LogP contribution in [-0.2, 0) is 5.75 Å². The first-order valence-corrected chi connectivity index (χ1v) is 6.59.